The topological polar surface area (TPSA) is 32.5 Å². The number of nitrogens with two attached hydrogens (primary N) is 1. The highest BCUT2D eigenvalue weighted by atomic mass is 15.3. The molecule has 0 amide bonds. The fourth-order valence-electron chi connectivity index (χ4n) is 4.32. The predicted octanol–water partition coefficient (Wildman–Crippen LogP) is 2.56. The van der Waals surface area contributed by atoms with Crippen LogP contribution in [0.2, 0.25) is 0 Å². The van der Waals surface area contributed by atoms with Crippen LogP contribution >= 0.6 is 0 Å². The minimum absolute atomic E-state index is 0.751. The monoisotopic (exact) mass is 281 g/mol. The summed E-state index contributed by atoms with van der Waals surface area (Å²) >= 11 is 0. The SMILES string of the molecule is CCCC1CCC(CN)C(N2CCN(CCC)CC2)C1. The van der Waals surface area contributed by atoms with Gasteiger partial charge in [-0.05, 0) is 44.2 Å². The largest absolute Gasteiger partial charge is 0.330 e. The Kier molecular flexibility index (Phi) is 6.79. The van der Waals surface area contributed by atoms with Crippen LogP contribution in [0.5, 0.6) is 0 Å². The van der Waals surface area contributed by atoms with Crippen LogP contribution in [0.25, 0.3) is 0 Å². The standard InChI is InChI=1S/C17H35N3/c1-3-5-15-6-7-16(14-18)17(13-15)20-11-9-19(8-4-2)10-12-20/h15-17H,3-14,18H2,1-2H3. The second kappa shape index (κ2) is 8.35. The third-order valence-corrected chi connectivity index (χ3v) is 5.48. The molecule has 1 saturated heterocycles. The van der Waals surface area contributed by atoms with E-state index in [1.165, 1.54) is 71.2 Å². The van der Waals surface area contributed by atoms with Crippen molar-refractivity contribution in [2.24, 2.45) is 17.6 Å². The number of rotatable bonds is 6. The summed E-state index contributed by atoms with van der Waals surface area (Å²) in [5.74, 6) is 1.71. The molecule has 2 rings (SSSR count). The summed E-state index contributed by atoms with van der Waals surface area (Å²) in [6.45, 7) is 11.8. The van der Waals surface area contributed by atoms with Gasteiger partial charge in [-0.15, -0.1) is 0 Å². The molecule has 2 aliphatic rings. The molecule has 0 spiro atoms. The van der Waals surface area contributed by atoms with Crippen LogP contribution in [0, 0.1) is 11.8 Å². The van der Waals surface area contributed by atoms with Crippen molar-refractivity contribution in [2.45, 2.75) is 58.4 Å². The Hall–Kier alpha value is -0.120. The first-order chi connectivity index (χ1) is 9.78. The third-order valence-electron chi connectivity index (χ3n) is 5.48. The first-order valence-electron chi connectivity index (χ1n) is 8.94. The Bertz CT molecular complexity index is 261. The van der Waals surface area contributed by atoms with Gasteiger partial charge >= 0.3 is 0 Å². The smallest absolute Gasteiger partial charge is 0.0139 e. The third kappa shape index (κ3) is 4.19. The lowest BCUT2D eigenvalue weighted by Crippen LogP contribution is -2.54. The van der Waals surface area contributed by atoms with Crippen molar-refractivity contribution in [2.75, 3.05) is 39.3 Å². The molecule has 0 aromatic carbocycles. The molecular formula is C17H35N3. The van der Waals surface area contributed by atoms with Gasteiger partial charge in [-0.2, -0.15) is 0 Å². The van der Waals surface area contributed by atoms with Gasteiger partial charge in [0, 0.05) is 32.2 Å². The molecule has 3 heteroatoms. The normalized spacial score (nSPS) is 33.5. The summed E-state index contributed by atoms with van der Waals surface area (Å²) in [6.07, 6.45) is 8.23. The molecule has 3 nitrogen and oxygen atoms in total. The fraction of sp³-hybridized carbons (Fsp3) is 1.00. The van der Waals surface area contributed by atoms with E-state index in [1.54, 1.807) is 0 Å². The molecule has 0 bridgehead atoms. The summed E-state index contributed by atoms with van der Waals surface area (Å²) in [7, 11) is 0. The van der Waals surface area contributed by atoms with Gasteiger partial charge in [0.1, 0.15) is 0 Å². The Labute approximate surface area is 125 Å². The molecule has 0 aromatic rings. The Morgan fingerprint density at radius 2 is 1.75 bits per heavy atom. The van der Waals surface area contributed by atoms with Crippen LogP contribution in [-0.4, -0.2) is 55.1 Å². The van der Waals surface area contributed by atoms with Gasteiger partial charge in [0.25, 0.3) is 0 Å². The maximum absolute atomic E-state index is 6.06. The molecule has 0 radical (unpaired) electrons. The van der Waals surface area contributed by atoms with E-state index >= 15 is 0 Å². The Morgan fingerprint density at radius 1 is 1.00 bits per heavy atom. The summed E-state index contributed by atoms with van der Waals surface area (Å²) in [5.41, 5.74) is 6.06. The molecule has 2 N–H and O–H groups in total. The van der Waals surface area contributed by atoms with Crippen molar-refractivity contribution in [1.29, 1.82) is 0 Å². The highest BCUT2D eigenvalue weighted by Gasteiger charge is 2.34. The molecule has 118 valence electrons. The quantitative estimate of drug-likeness (QED) is 0.812. The highest BCUT2D eigenvalue weighted by Crippen LogP contribution is 2.34. The summed E-state index contributed by atoms with van der Waals surface area (Å²) in [6, 6.07) is 0.772. The van der Waals surface area contributed by atoms with E-state index in [9.17, 15) is 0 Å². The van der Waals surface area contributed by atoms with E-state index in [-0.39, 0.29) is 0 Å². The number of piperazine rings is 1. The second-order valence-electron chi connectivity index (χ2n) is 6.91. The zero-order valence-corrected chi connectivity index (χ0v) is 13.7. The van der Waals surface area contributed by atoms with Crippen molar-refractivity contribution >= 4 is 0 Å². The molecule has 1 aliphatic heterocycles. The summed E-state index contributed by atoms with van der Waals surface area (Å²) < 4.78 is 0. The molecule has 1 heterocycles. The lowest BCUT2D eigenvalue weighted by Gasteiger charge is -2.46. The average Bonchev–Trinajstić information content (AvgIpc) is 2.49. The molecule has 20 heavy (non-hydrogen) atoms. The maximum Gasteiger partial charge on any atom is 0.0139 e. The lowest BCUT2D eigenvalue weighted by atomic mass is 9.76. The molecule has 1 aliphatic carbocycles. The van der Waals surface area contributed by atoms with Crippen LogP contribution < -0.4 is 5.73 Å². The van der Waals surface area contributed by atoms with Crippen LogP contribution in [0.15, 0.2) is 0 Å². The van der Waals surface area contributed by atoms with E-state index in [2.05, 4.69) is 23.6 Å². The zero-order chi connectivity index (χ0) is 14.4. The fourth-order valence-corrected chi connectivity index (χ4v) is 4.32. The predicted molar refractivity (Wildman–Crippen MR) is 86.9 cm³/mol. The van der Waals surface area contributed by atoms with Crippen LogP contribution in [0.4, 0.5) is 0 Å². The summed E-state index contributed by atoms with van der Waals surface area (Å²) in [5, 5.41) is 0. The lowest BCUT2D eigenvalue weighted by molar-refractivity contribution is 0.0360. The number of hydrogen-bond acceptors (Lipinski definition) is 3. The highest BCUT2D eigenvalue weighted by molar-refractivity contribution is 4.89. The number of nitrogens with zero attached hydrogens (tertiary/aromatic N) is 2. The van der Waals surface area contributed by atoms with Gasteiger partial charge in [0.2, 0.25) is 0 Å². The Morgan fingerprint density at radius 3 is 2.35 bits per heavy atom. The van der Waals surface area contributed by atoms with Gasteiger partial charge in [-0.3, -0.25) is 4.90 Å². The van der Waals surface area contributed by atoms with E-state index < -0.39 is 0 Å². The van der Waals surface area contributed by atoms with Crippen LogP contribution in [-0.2, 0) is 0 Å². The van der Waals surface area contributed by atoms with Crippen molar-refractivity contribution in [3.05, 3.63) is 0 Å². The van der Waals surface area contributed by atoms with Gasteiger partial charge in [0.15, 0.2) is 0 Å². The van der Waals surface area contributed by atoms with Crippen LogP contribution in [0.1, 0.15) is 52.4 Å². The Balaban J connectivity index is 1.87. The van der Waals surface area contributed by atoms with E-state index in [1.807, 2.05) is 0 Å². The van der Waals surface area contributed by atoms with Crippen LogP contribution in [0.3, 0.4) is 0 Å². The first kappa shape index (κ1) is 16.3. The van der Waals surface area contributed by atoms with Gasteiger partial charge in [-0.25, -0.2) is 0 Å². The zero-order valence-electron chi connectivity index (χ0n) is 13.7. The molecule has 2 fully saturated rings. The van der Waals surface area contributed by atoms with E-state index in [0.717, 1.165) is 24.4 Å². The minimum atomic E-state index is 0.751. The molecule has 3 unspecified atom stereocenters. The molecule has 1 saturated carbocycles. The van der Waals surface area contributed by atoms with E-state index in [0.29, 0.717) is 0 Å². The van der Waals surface area contributed by atoms with Gasteiger partial charge in [-0.1, -0.05) is 33.1 Å². The minimum Gasteiger partial charge on any atom is -0.330 e. The van der Waals surface area contributed by atoms with Crippen molar-refractivity contribution in [1.82, 2.24) is 9.80 Å². The second-order valence-corrected chi connectivity index (χ2v) is 6.91. The van der Waals surface area contributed by atoms with Crippen molar-refractivity contribution < 1.29 is 0 Å². The first-order valence-corrected chi connectivity index (χ1v) is 8.94. The average molecular weight is 281 g/mol. The van der Waals surface area contributed by atoms with Crippen molar-refractivity contribution in [3.8, 4) is 0 Å². The van der Waals surface area contributed by atoms with E-state index in [4.69, 9.17) is 5.73 Å². The number of hydrogen-bond donors (Lipinski definition) is 1. The molecular weight excluding hydrogens is 246 g/mol. The molecule has 0 aromatic heterocycles. The van der Waals surface area contributed by atoms with Crippen molar-refractivity contribution in [3.63, 3.8) is 0 Å². The maximum atomic E-state index is 6.06. The molecule has 3 atom stereocenters. The summed E-state index contributed by atoms with van der Waals surface area (Å²) in [4.78, 5) is 5.39. The van der Waals surface area contributed by atoms with Gasteiger partial charge < -0.3 is 10.6 Å². The van der Waals surface area contributed by atoms with Gasteiger partial charge in [0.05, 0.1) is 0 Å².